The van der Waals surface area contributed by atoms with Crippen molar-refractivity contribution >= 4 is 17.3 Å². The first-order chi connectivity index (χ1) is 8.26. The normalized spacial score (nSPS) is 10.5. The number of esters is 1. The third-order valence-electron chi connectivity index (χ3n) is 2.49. The molecule has 0 aliphatic heterocycles. The van der Waals surface area contributed by atoms with Crippen molar-refractivity contribution in [3.05, 3.63) is 16.1 Å². The predicted molar refractivity (Wildman–Crippen MR) is 70.3 cm³/mol. The quantitative estimate of drug-likeness (QED) is 0.528. The average Bonchev–Trinajstić information content (AvgIpc) is 2.72. The molecule has 0 radical (unpaired) electrons. The number of carbonyl (C=O) groups is 1. The molecule has 0 amide bonds. The maximum Gasteiger partial charge on any atom is 0.312 e. The van der Waals surface area contributed by atoms with Crippen LogP contribution >= 0.6 is 11.3 Å². The molecule has 0 bridgehead atoms. The van der Waals surface area contributed by atoms with Crippen LogP contribution in [0.5, 0.6) is 0 Å². The van der Waals surface area contributed by atoms with Gasteiger partial charge < -0.3 is 4.74 Å². The fraction of sp³-hybridized carbons (Fsp3) is 0.692. The Morgan fingerprint density at radius 2 is 2.18 bits per heavy atom. The van der Waals surface area contributed by atoms with Crippen molar-refractivity contribution < 1.29 is 9.53 Å². The third-order valence-corrected chi connectivity index (χ3v) is 3.38. The molecule has 0 spiro atoms. The van der Waals surface area contributed by atoms with Crippen LogP contribution in [0.25, 0.3) is 0 Å². The molecule has 0 saturated heterocycles. The molecule has 17 heavy (non-hydrogen) atoms. The van der Waals surface area contributed by atoms with Gasteiger partial charge in [0.15, 0.2) is 0 Å². The standard InChI is InChI=1S/C13H21NO2S/c1-3-5-6-7-8-11-10-17-12(14-11)9-13(15)16-4-2/h10H,3-9H2,1-2H3. The maximum atomic E-state index is 11.3. The maximum absolute atomic E-state index is 11.3. The summed E-state index contributed by atoms with van der Waals surface area (Å²) in [5, 5.41) is 2.93. The average molecular weight is 255 g/mol. The van der Waals surface area contributed by atoms with Gasteiger partial charge in [-0.15, -0.1) is 11.3 Å². The van der Waals surface area contributed by atoms with Crippen LogP contribution in [0.15, 0.2) is 5.38 Å². The van der Waals surface area contributed by atoms with Gasteiger partial charge in [-0.25, -0.2) is 4.98 Å². The Morgan fingerprint density at radius 3 is 2.88 bits per heavy atom. The van der Waals surface area contributed by atoms with E-state index in [9.17, 15) is 4.79 Å². The highest BCUT2D eigenvalue weighted by molar-refractivity contribution is 7.09. The van der Waals surface area contributed by atoms with Gasteiger partial charge in [0.05, 0.1) is 18.7 Å². The van der Waals surface area contributed by atoms with Crippen molar-refractivity contribution in [2.24, 2.45) is 0 Å². The number of ether oxygens (including phenoxy) is 1. The zero-order valence-corrected chi connectivity index (χ0v) is 11.5. The second-order valence-corrected chi connectivity index (χ2v) is 4.97. The molecule has 4 heteroatoms. The molecular weight excluding hydrogens is 234 g/mol. The molecule has 0 aliphatic rings. The molecule has 1 aromatic heterocycles. The first-order valence-corrected chi connectivity index (χ1v) is 7.23. The number of aryl methyl sites for hydroxylation is 1. The predicted octanol–water partition coefficient (Wildman–Crippen LogP) is 3.37. The van der Waals surface area contributed by atoms with Gasteiger partial charge >= 0.3 is 5.97 Å². The fourth-order valence-corrected chi connectivity index (χ4v) is 2.43. The third kappa shape index (κ3) is 5.82. The van der Waals surface area contributed by atoms with E-state index in [-0.39, 0.29) is 5.97 Å². The topological polar surface area (TPSA) is 39.2 Å². The van der Waals surface area contributed by atoms with E-state index in [4.69, 9.17) is 4.74 Å². The molecule has 1 heterocycles. The minimum Gasteiger partial charge on any atom is -0.466 e. The molecule has 96 valence electrons. The van der Waals surface area contributed by atoms with Crippen LogP contribution in [0.2, 0.25) is 0 Å². The van der Waals surface area contributed by atoms with E-state index in [0.29, 0.717) is 13.0 Å². The summed E-state index contributed by atoms with van der Waals surface area (Å²) in [7, 11) is 0. The Labute approximate surface area is 107 Å². The lowest BCUT2D eigenvalue weighted by Crippen LogP contribution is -2.07. The number of hydrogen-bond donors (Lipinski definition) is 0. The molecule has 0 aromatic carbocycles. The number of thiazole rings is 1. The van der Waals surface area contributed by atoms with Gasteiger partial charge in [-0.2, -0.15) is 0 Å². The molecule has 1 aromatic rings. The molecule has 0 saturated carbocycles. The number of carbonyl (C=O) groups excluding carboxylic acids is 1. The van der Waals surface area contributed by atoms with E-state index in [0.717, 1.165) is 17.1 Å². The number of rotatable bonds is 8. The number of nitrogens with zero attached hydrogens (tertiary/aromatic N) is 1. The van der Waals surface area contributed by atoms with Crippen molar-refractivity contribution in [2.45, 2.75) is 52.4 Å². The lowest BCUT2D eigenvalue weighted by atomic mass is 10.1. The number of aromatic nitrogens is 1. The van der Waals surface area contributed by atoms with Crippen molar-refractivity contribution in [1.82, 2.24) is 4.98 Å². The van der Waals surface area contributed by atoms with Gasteiger partial charge in [-0.05, 0) is 19.8 Å². The lowest BCUT2D eigenvalue weighted by molar-refractivity contribution is -0.142. The van der Waals surface area contributed by atoms with Crippen LogP contribution in [0.1, 0.15) is 50.2 Å². The van der Waals surface area contributed by atoms with Gasteiger partial charge in [0.1, 0.15) is 5.01 Å². The molecule has 0 atom stereocenters. The Morgan fingerprint density at radius 1 is 1.35 bits per heavy atom. The molecule has 0 fully saturated rings. The Kier molecular flexibility index (Phi) is 6.86. The first kappa shape index (κ1) is 14.2. The summed E-state index contributed by atoms with van der Waals surface area (Å²) in [4.78, 5) is 15.7. The summed E-state index contributed by atoms with van der Waals surface area (Å²) in [6, 6.07) is 0. The summed E-state index contributed by atoms with van der Waals surface area (Å²) in [6.07, 6.45) is 6.34. The van der Waals surface area contributed by atoms with Crippen LogP contribution in [-0.2, 0) is 22.4 Å². The van der Waals surface area contributed by atoms with Crippen LogP contribution in [0, 0.1) is 0 Å². The van der Waals surface area contributed by atoms with Crippen molar-refractivity contribution in [1.29, 1.82) is 0 Å². The summed E-state index contributed by atoms with van der Waals surface area (Å²) < 4.78 is 4.90. The van der Waals surface area contributed by atoms with Gasteiger partial charge in [-0.1, -0.05) is 26.2 Å². The van der Waals surface area contributed by atoms with Gasteiger partial charge in [0.2, 0.25) is 0 Å². The van der Waals surface area contributed by atoms with Crippen molar-refractivity contribution in [3.8, 4) is 0 Å². The number of unbranched alkanes of at least 4 members (excludes halogenated alkanes) is 3. The zero-order chi connectivity index (χ0) is 12.5. The van der Waals surface area contributed by atoms with Crippen LogP contribution < -0.4 is 0 Å². The molecular formula is C13H21NO2S. The van der Waals surface area contributed by atoms with Crippen molar-refractivity contribution in [2.75, 3.05) is 6.61 Å². The van der Waals surface area contributed by atoms with Gasteiger partial charge in [-0.3, -0.25) is 4.79 Å². The first-order valence-electron chi connectivity index (χ1n) is 6.35. The van der Waals surface area contributed by atoms with Crippen LogP contribution in [0.3, 0.4) is 0 Å². The van der Waals surface area contributed by atoms with E-state index in [1.165, 1.54) is 25.7 Å². The number of hydrogen-bond acceptors (Lipinski definition) is 4. The van der Waals surface area contributed by atoms with E-state index >= 15 is 0 Å². The monoisotopic (exact) mass is 255 g/mol. The molecule has 3 nitrogen and oxygen atoms in total. The fourth-order valence-electron chi connectivity index (χ4n) is 1.61. The summed E-state index contributed by atoms with van der Waals surface area (Å²) in [5.74, 6) is -0.181. The van der Waals surface area contributed by atoms with E-state index < -0.39 is 0 Å². The highest BCUT2D eigenvalue weighted by Crippen LogP contribution is 2.14. The Balaban J connectivity index is 2.29. The Bertz CT molecular complexity index is 336. The highest BCUT2D eigenvalue weighted by Gasteiger charge is 2.08. The molecule has 0 N–H and O–H groups in total. The van der Waals surface area contributed by atoms with Gasteiger partial charge in [0.25, 0.3) is 0 Å². The van der Waals surface area contributed by atoms with E-state index in [1.54, 1.807) is 11.3 Å². The second kappa shape index (κ2) is 8.23. The smallest absolute Gasteiger partial charge is 0.312 e. The molecule has 0 aliphatic carbocycles. The summed E-state index contributed by atoms with van der Waals surface area (Å²) in [6.45, 7) is 4.47. The van der Waals surface area contributed by atoms with Crippen molar-refractivity contribution in [3.63, 3.8) is 0 Å². The Hall–Kier alpha value is -0.900. The zero-order valence-electron chi connectivity index (χ0n) is 10.7. The highest BCUT2D eigenvalue weighted by atomic mass is 32.1. The second-order valence-electron chi connectivity index (χ2n) is 4.03. The van der Waals surface area contributed by atoms with Gasteiger partial charge in [0, 0.05) is 5.38 Å². The van der Waals surface area contributed by atoms with Crippen LogP contribution in [-0.4, -0.2) is 17.6 Å². The summed E-state index contributed by atoms with van der Waals surface area (Å²) >= 11 is 1.56. The van der Waals surface area contributed by atoms with Crippen LogP contribution in [0.4, 0.5) is 0 Å². The minimum atomic E-state index is -0.181. The molecule has 1 rings (SSSR count). The van der Waals surface area contributed by atoms with E-state index in [1.807, 2.05) is 6.92 Å². The minimum absolute atomic E-state index is 0.181. The lowest BCUT2D eigenvalue weighted by Gasteiger charge is -1.98. The largest absolute Gasteiger partial charge is 0.466 e. The summed E-state index contributed by atoms with van der Waals surface area (Å²) in [5.41, 5.74) is 1.12. The SMILES string of the molecule is CCCCCCc1csc(CC(=O)OCC)n1. The molecule has 0 unspecified atom stereocenters. The van der Waals surface area contributed by atoms with E-state index in [2.05, 4.69) is 17.3 Å².